The molecule has 0 aromatic heterocycles. The molecule has 0 aliphatic rings. The second-order valence-corrected chi connectivity index (χ2v) is 2.06. The summed E-state index contributed by atoms with van der Waals surface area (Å²) in [6.45, 7) is 5.69. The topological polar surface area (TPSA) is 26.3 Å². The van der Waals surface area contributed by atoms with Crippen molar-refractivity contribution in [2.45, 2.75) is 39.7 Å². The molecule has 2 heteroatoms. The summed E-state index contributed by atoms with van der Waals surface area (Å²) >= 11 is 0. The predicted octanol–water partition coefficient (Wildman–Crippen LogP) is 1.74. The number of rotatable bonds is 3. The van der Waals surface area contributed by atoms with Crippen LogP contribution in [0.4, 0.5) is 0 Å². The number of esters is 1. The third-order valence-corrected chi connectivity index (χ3v) is 1.20. The van der Waals surface area contributed by atoms with Gasteiger partial charge in [-0.2, -0.15) is 0 Å². The van der Waals surface area contributed by atoms with Gasteiger partial charge in [0.15, 0.2) is 0 Å². The minimum absolute atomic E-state index is 0.0810. The molecule has 0 saturated heterocycles. The van der Waals surface area contributed by atoms with Crippen molar-refractivity contribution in [3.8, 4) is 0 Å². The second kappa shape index (κ2) is 4.36. The molecule has 0 aromatic carbocycles. The molecule has 0 fully saturated rings. The number of carbonyl (C=O) groups excluding carboxylic acids is 1. The van der Waals surface area contributed by atoms with Crippen LogP contribution in [0.25, 0.3) is 0 Å². The first-order valence-electron chi connectivity index (χ1n) is 3.40. The Morgan fingerprint density at radius 1 is 1.56 bits per heavy atom. The molecule has 0 bridgehead atoms. The van der Waals surface area contributed by atoms with E-state index in [0.717, 1.165) is 6.42 Å². The lowest BCUT2D eigenvalue weighted by Gasteiger charge is -2.08. The summed E-state index contributed by atoms with van der Waals surface area (Å²) in [5.74, 6) is -0.107. The van der Waals surface area contributed by atoms with Gasteiger partial charge in [-0.1, -0.05) is 13.8 Å². The van der Waals surface area contributed by atoms with Gasteiger partial charge in [0.05, 0.1) is 6.10 Å². The Bertz CT molecular complexity index is 88.9. The van der Waals surface area contributed by atoms with Crippen LogP contribution in [0.1, 0.15) is 33.6 Å². The molecular formula is C7H14O2. The first kappa shape index (κ1) is 8.47. The van der Waals surface area contributed by atoms with Gasteiger partial charge in [0.2, 0.25) is 0 Å². The van der Waals surface area contributed by atoms with Gasteiger partial charge in [-0.3, -0.25) is 4.79 Å². The normalized spacial score (nSPS) is 12.8. The maximum absolute atomic E-state index is 10.6. The third kappa shape index (κ3) is 4.01. The monoisotopic (exact) mass is 130 g/mol. The zero-order valence-electron chi connectivity index (χ0n) is 6.31. The molecule has 0 radical (unpaired) electrons. The molecule has 1 atom stereocenters. The van der Waals surface area contributed by atoms with Crippen LogP contribution in [0, 0.1) is 0 Å². The lowest BCUT2D eigenvalue weighted by Crippen LogP contribution is -2.12. The van der Waals surface area contributed by atoms with E-state index in [1.807, 2.05) is 13.8 Å². The van der Waals surface area contributed by atoms with Crippen molar-refractivity contribution in [3.63, 3.8) is 0 Å². The molecule has 9 heavy (non-hydrogen) atoms. The fourth-order valence-electron chi connectivity index (χ4n) is 0.391. The Hall–Kier alpha value is -0.530. The van der Waals surface area contributed by atoms with E-state index in [2.05, 4.69) is 0 Å². The van der Waals surface area contributed by atoms with Gasteiger partial charge in [-0.25, -0.2) is 0 Å². The SMILES string of the molecule is CCC(=O)O[C@@H](C)CC. The molecule has 0 heterocycles. The molecule has 0 amide bonds. The van der Waals surface area contributed by atoms with Crippen LogP contribution in [-0.2, 0) is 9.53 Å². The van der Waals surface area contributed by atoms with E-state index >= 15 is 0 Å². The van der Waals surface area contributed by atoms with Crippen LogP contribution in [0.3, 0.4) is 0 Å². The minimum atomic E-state index is -0.107. The second-order valence-electron chi connectivity index (χ2n) is 2.06. The fraction of sp³-hybridized carbons (Fsp3) is 0.857. The molecule has 0 unspecified atom stereocenters. The Morgan fingerprint density at radius 3 is 2.44 bits per heavy atom. The highest BCUT2D eigenvalue weighted by molar-refractivity contribution is 5.69. The number of carbonyl (C=O) groups is 1. The number of ether oxygens (including phenoxy) is 1. The summed E-state index contributed by atoms with van der Waals surface area (Å²) < 4.78 is 4.91. The highest BCUT2D eigenvalue weighted by atomic mass is 16.5. The van der Waals surface area contributed by atoms with Crippen molar-refractivity contribution in [2.24, 2.45) is 0 Å². The van der Waals surface area contributed by atoms with E-state index < -0.39 is 0 Å². The fourth-order valence-corrected chi connectivity index (χ4v) is 0.391. The summed E-state index contributed by atoms with van der Waals surface area (Å²) in [6.07, 6.45) is 1.45. The molecule has 0 saturated carbocycles. The van der Waals surface area contributed by atoms with Crippen LogP contribution < -0.4 is 0 Å². The van der Waals surface area contributed by atoms with E-state index in [9.17, 15) is 4.79 Å². The zero-order chi connectivity index (χ0) is 7.28. The van der Waals surface area contributed by atoms with Crippen molar-refractivity contribution in [2.75, 3.05) is 0 Å². The van der Waals surface area contributed by atoms with Gasteiger partial charge in [-0.05, 0) is 13.3 Å². The lowest BCUT2D eigenvalue weighted by atomic mass is 10.3. The van der Waals surface area contributed by atoms with Crippen LogP contribution >= 0.6 is 0 Å². The van der Waals surface area contributed by atoms with Crippen molar-refractivity contribution in [3.05, 3.63) is 0 Å². The van der Waals surface area contributed by atoms with E-state index in [1.54, 1.807) is 6.92 Å². The summed E-state index contributed by atoms with van der Waals surface area (Å²) in [5, 5.41) is 0. The lowest BCUT2D eigenvalue weighted by molar-refractivity contribution is -0.147. The Kier molecular flexibility index (Phi) is 4.10. The summed E-state index contributed by atoms with van der Waals surface area (Å²) in [4.78, 5) is 10.6. The summed E-state index contributed by atoms with van der Waals surface area (Å²) in [7, 11) is 0. The Balaban J connectivity index is 3.34. The van der Waals surface area contributed by atoms with Crippen LogP contribution in [-0.4, -0.2) is 12.1 Å². The molecule has 2 nitrogen and oxygen atoms in total. The van der Waals surface area contributed by atoms with Crippen LogP contribution in [0.5, 0.6) is 0 Å². The molecular weight excluding hydrogens is 116 g/mol. The highest BCUT2D eigenvalue weighted by Gasteiger charge is 2.02. The largest absolute Gasteiger partial charge is 0.463 e. The van der Waals surface area contributed by atoms with Gasteiger partial charge in [-0.15, -0.1) is 0 Å². The van der Waals surface area contributed by atoms with E-state index in [-0.39, 0.29) is 12.1 Å². The van der Waals surface area contributed by atoms with Crippen LogP contribution in [0.2, 0.25) is 0 Å². The van der Waals surface area contributed by atoms with Gasteiger partial charge in [0.1, 0.15) is 0 Å². The number of hydrogen-bond donors (Lipinski definition) is 0. The third-order valence-electron chi connectivity index (χ3n) is 1.20. The van der Waals surface area contributed by atoms with Crippen molar-refractivity contribution in [1.82, 2.24) is 0 Å². The minimum Gasteiger partial charge on any atom is -0.463 e. The van der Waals surface area contributed by atoms with Gasteiger partial charge >= 0.3 is 5.97 Å². The van der Waals surface area contributed by atoms with E-state index in [4.69, 9.17) is 4.74 Å². The number of hydrogen-bond acceptors (Lipinski definition) is 2. The molecule has 0 aliphatic heterocycles. The average molecular weight is 130 g/mol. The standard InChI is InChI=1S/C7H14O2/c1-4-6(3)9-7(8)5-2/h6H,4-5H2,1-3H3/t6-/m0/s1. The molecule has 0 spiro atoms. The van der Waals surface area contributed by atoms with Gasteiger partial charge in [0.25, 0.3) is 0 Å². The maximum atomic E-state index is 10.6. The van der Waals surface area contributed by atoms with E-state index in [1.165, 1.54) is 0 Å². The molecule has 0 N–H and O–H groups in total. The van der Waals surface area contributed by atoms with Gasteiger partial charge in [0, 0.05) is 6.42 Å². The summed E-state index contributed by atoms with van der Waals surface area (Å²) in [6, 6.07) is 0. The maximum Gasteiger partial charge on any atom is 0.305 e. The summed E-state index contributed by atoms with van der Waals surface area (Å²) in [5.41, 5.74) is 0. The highest BCUT2D eigenvalue weighted by Crippen LogP contribution is 1.97. The van der Waals surface area contributed by atoms with Crippen molar-refractivity contribution < 1.29 is 9.53 Å². The van der Waals surface area contributed by atoms with Crippen molar-refractivity contribution in [1.29, 1.82) is 0 Å². The first-order chi connectivity index (χ1) is 4.20. The average Bonchev–Trinajstić information content (AvgIpc) is 1.87. The van der Waals surface area contributed by atoms with Crippen molar-refractivity contribution >= 4 is 5.97 Å². The van der Waals surface area contributed by atoms with Gasteiger partial charge < -0.3 is 4.74 Å². The van der Waals surface area contributed by atoms with E-state index in [0.29, 0.717) is 6.42 Å². The molecule has 0 aromatic rings. The Morgan fingerprint density at radius 2 is 2.11 bits per heavy atom. The smallest absolute Gasteiger partial charge is 0.305 e. The zero-order valence-corrected chi connectivity index (χ0v) is 6.31. The quantitative estimate of drug-likeness (QED) is 0.544. The molecule has 0 aliphatic carbocycles. The molecule has 0 rings (SSSR count). The molecule has 54 valence electrons. The van der Waals surface area contributed by atoms with Crippen LogP contribution in [0.15, 0.2) is 0 Å². The Labute approximate surface area is 56.2 Å². The predicted molar refractivity (Wildman–Crippen MR) is 36.1 cm³/mol. The first-order valence-corrected chi connectivity index (χ1v) is 3.40.